The quantitative estimate of drug-likeness (QED) is 0.666. The Morgan fingerprint density at radius 2 is 2.19 bits per heavy atom. The highest BCUT2D eigenvalue weighted by molar-refractivity contribution is 5.56. The van der Waals surface area contributed by atoms with Crippen molar-refractivity contribution in [2.45, 2.75) is 12.5 Å². The van der Waals surface area contributed by atoms with Crippen molar-refractivity contribution in [3.05, 3.63) is 40.3 Å². The summed E-state index contributed by atoms with van der Waals surface area (Å²) in [5, 5.41) is 17.8. The van der Waals surface area contributed by atoms with Gasteiger partial charge >= 0.3 is 0 Å². The molecule has 1 aromatic heterocycles. The lowest BCUT2D eigenvalue weighted by atomic mass is 10.2. The molecule has 2 heterocycles. The van der Waals surface area contributed by atoms with Gasteiger partial charge in [0.1, 0.15) is 0 Å². The number of morpholine rings is 1. The van der Waals surface area contributed by atoms with E-state index in [0.717, 1.165) is 6.54 Å². The normalized spacial score (nSPS) is 18.6. The molecule has 1 aromatic carbocycles. The van der Waals surface area contributed by atoms with Crippen molar-refractivity contribution in [2.24, 2.45) is 0 Å². The standard InChI is InChI=1S/C13H14N4O4/c18-17(19)11-3-1-9(2-4-11)13-15-12(21-16-13)7-10-8-20-6-5-14-10/h1-4,10,14H,5-8H2. The number of hydrogen-bond donors (Lipinski definition) is 1. The van der Waals surface area contributed by atoms with Crippen molar-refractivity contribution in [1.29, 1.82) is 0 Å². The molecule has 0 spiro atoms. The summed E-state index contributed by atoms with van der Waals surface area (Å²) in [7, 11) is 0. The third-order valence-electron chi connectivity index (χ3n) is 3.22. The average Bonchev–Trinajstić information content (AvgIpc) is 2.97. The molecule has 3 rings (SSSR count). The van der Waals surface area contributed by atoms with E-state index in [0.29, 0.717) is 36.9 Å². The van der Waals surface area contributed by atoms with Crippen molar-refractivity contribution in [1.82, 2.24) is 15.5 Å². The molecule has 21 heavy (non-hydrogen) atoms. The van der Waals surface area contributed by atoms with E-state index in [1.807, 2.05) is 0 Å². The van der Waals surface area contributed by atoms with E-state index in [-0.39, 0.29) is 11.7 Å². The molecular weight excluding hydrogens is 276 g/mol. The molecule has 2 aromatic rings. The SMILES string of the molecule is O=[N+]([O-])c1ccc(-c2noc(CC3COCCN3)n2)cc1. The van der Waals surface area contributed by atoms with Gasteiger partial charge < -0.3 is 14.6 Å². The maximum atomic E-state index is 10.6. The zero-order valence-corrected chi connectivity index (χ0v) is 11.2. The zero-order chi connectivity index (χ0) is 14.7. The van der Waals surface area contributed by atoms with Crippen LogP contribution in [0.2, 0.25) is 0 Å². The third-order valence-corrected chi connectivity index (χ3v) is 3.22. The number of ether oxygens (including phenoxy) is 1. The van der Waals surface area contributed by atoms with E-state index < -0.39 is 4.92 Å². The van der Waals surface area contributed by atoms with Gasteiger partial charge in [0.05, 0.1) is 18.1 Å². The van der Waals surface area contributed by atoms with Crippen LogP contribution in [0.15, 0.2) is 28.8 Å². The Bertz CT molecular complexity index is 619. The van der Waals surface area contributed by atoms with Crippen LogP contribution in [0.5, 0.6) is 0 Å². The molecule has 0 radical (unpaired) electrons. The summed E-state index contributed by atoms with van der Waals surface area (Å²) in [5.41, 5.74) is 0.717. The van der Waals surface area contributed by atoms with Crippen molar-refractivity contribution in [3.8, 4) is 11.4 Å². The Morgan fingerprint density at radius 1 is 1.38 bits per heavy atom. The van der Waals surface area contributed by atoms with Crippen molar-refractivity contribution in [3.63, 3.8) is 0 Å². The monoisotopic (exact) mass is 290 g/mol. The molecular formula is C13H14N4O4. The fourth-order valence-electron chi connectivity index (χ4n) is 2.15. The van der Waals surface area contributed by atoms with E-state index in [1.54, 1.807) is 12.1 Å². The first-order chi connectivity index (χ1) is 10.2. The van der Waals surface area contributed by atoms with Gasteiger partial charge in [-0.2, -0.15) is 4.98 Å². The third kappa shape index (κ3) is 3.23. The second-order valence-corrected chi connectivity index (χ2v) is 4.75. The highest BCUT2D eigenvalue weighted by Gasteiger charge is 2.18. The predicted octanol–water partition coefficient (Wildman–Crippen LogP) is 1.18. The molecule has 1 unspecified atom stereocenters. The topological polar surface area (TPSA) is 103 Å². The van der Waals surface area contributed by atoms with Crippen LogP contribution in [0.3, 0.4) is 0 Å². The molecule has 1 aliphatic heterocycles. The van der Waals surface area contributed by atoms with Gasteiger partial charge in [0.15, 0.2) is 0 Å². The number of nitro groups is 1. The summed E-state index contributed by atoms with van der Waals surface area (Å²) >= 11 is 0. The Kier molecular flexibility index (Phi) is 3.89. The first-order valence-corrected chi connectivity index (χ1v) is 6.61. The molecule has 0 saturated carbocycles. The molecule has 0 aliphatic carbocycles. The summed E-state index contributed by atoms with van der Waals surface area (Å²) in [5.74, 6) is 0.947. The Morgan fingerprint density at radius 3 is 2.86 bits per heavy atom. The van der Waals surface area contributed by atoms with Gasteiger partial charge in [0.2, 0.25) is 11.7 Å². The van der Waals surface area contributed by atoms with Crippen molar-refractivity contribution in [2.75, 3.05) is 19.8 Å². The summed E-state index contributed by atoms with van der Waals surface area (Å²) in [6, 6.07) is 6.22. The second-order valence-electron chi connectivity index (χ2n) is 4.75. The van der Waals surface area contributed by atoms with E-state index >= 15 is 0 Å². The van der Waals surface area contributed by atoms with Crippen molar-refractivity contribution < 1.29 is 14.2 Å². The van der Waals surface area contributed by atoms with Crippen molar-refractivity contribution >= 4 is 5.69 Å². The largest absolute Gasteiger partial charge is 0.378 e. The van der Waals surface area contributed by atoms with Crippen LogP contribution >= 0.6 is 0 Å². The highest BCUT2D eigenvalue weighted by Crippen LogP contribution is 2.20. The van der Waals surface area contributed by atoms with Gasteiger partial charge in [-0.3, -0.25) is 10.1 Å². The minimum Gasteiger partial charge on any atom is -0.378 e. The van der Waals surface area contributed by atoms with E-state index in [2.05, 4.69) is 15.5 Å². The van der Waals surface area contributed by atoms with Crippen LogP contribution in [0, 0.1) is 10.1 Å². The number of aromatic nitrogens is 2. The van der Waals surface area contributed by atoms with E-state index in [1.165, 1.54) is 12.1 Å². The van der Waals surface area contributed by atoms with Crippen LogP contribution < -0.4 is 5.32 Å². The first kappa shape index (κ1) is 13.7. The molecule has 8 nitrogen and oxygen atoms in total. The van der Waals surface area contributed by atoms with Gasteiger partial charge in [-0.1, -0.05) is 5.16 Å². The fourth-order valence-corrected chi connectivity index (χ4v) is 2.15. The Balaban J connectivity index is 1.70. The van der Waals surface area contributed by atoms with Gasteiger partial charge in [-0.25, -0.2) is 0 Å². The lowest BCUT2D eigenvalue weighted by molar-refractivity contribution is -0.384. The molecule has 0 bridgehead atoms. The van der Waals surface area contributed by atoms with Crippen LogP contribution in [0.1, 0.15) is 5.89 Å². The summed E-state index contributed by atoms with van der Waals surface area (Å²) < 4.78 is 10.6. The number of nitrogens with one attached hydrogen (secondary N) is 1. The molecule has 1 fully saturated rings. The lowest BCUT2D eigenvalue weighted by Gasteiger charge is -2.22. The molecule has 8 heteroatoms. The average molecular weight is 290 g/mol. The Labute approximate surface area is 120 Å². The number of rotatable bonds is 4. The molecule has 1 saturated heterocycles. The zero-order valence-electron chi connectivity index (χ0n) is 11.2. The molecule has 1 aliphatic rings. The molecule has 0 amide bonds. The van der Waals surface area contributed by atoms with Gasteiger partial charge in [-0.05, 0) is 12.1 Å². The summed E-state index contributed by atoms with van der Waals surface area (Å²) in [4.78, 5) is 14.5. The van der Waals surface area contributed by atoms with Crippen LogP contribution in [-0.4, -0.2) is 40.9 Å². The number of non-ortho nitro benzene ring substituents is 1. The first-order valence-electron chi connectivity index (χ1n) is 6.61. The van der Waals surface area contributed by atoms with Crippen LogP contribution in [-0.2, 0) is 11.2 Å². The fraction of sp³-hybridized carbons (Fsp3) is 0.385. The highest BCUT2D eigenvalue weighted by atomic mass is 16.6. The Hall–Kier alpha value is -2.32. The minimum absolute atomic E-state index is 0.0334. The van der Waals surface area contributed by atoms with Crippen LogP contribution in [0.25, 0.3) is 11.4 Å². The van der Waals surface area contributed by atoms with E-state index in [9.17, 15) is 10.1 Å². The van der Waals surface area contributed by atoms with Gasteiger partial charge in [-0.15, -0.1) is 0 Å². The molecule has 1 N–H and O–H groups in total. The molecule has 110 valence electrons. The number of hydrogen-bond acceptors (Lipinski definition) is 7. The number of nitro benzene ring substituents is 1. The number of nitrogens with zero attached hydrogens (tertiary/aromatic N) is 3. The maximum Gasteiger partial charge on any atom is 0.269 e. The maximum absolute atomic E-state index is 10.6. The summed E-state index contributed by atoms with van der Waals surface area (Å²) in [6.07, 6.45) is 0.597. The second kappa shape index (κ2) is 5.98. The smallest absolute Gasteiger partial charge is 0.269 e. The van der Waals surface area contributed by atoms with E-state index in [4.69, 9.17) is 9.26 Å². The summed E-state index contributed by atoms with van der Waals surface area (Å²) in [6.45, 7) is 2.15. The predicted molar refractivity (Wildman–Crippen MR) is 72.7 cm³/mol. The van der Waals surface area contributed by atoms with Gasteiger partial charge in [0.25, 0.3) is 5.69 Å². The molecule has 1 atom stereocenters. The van der Waals surface area contributed by atoms with Gasteiger partial charge in [0, 0.05) is 36.7 Å². The lowest BCUT2D eigenvalue weighted by Crippen LogP contribution is -2.42. The number of benzene rings is 1. The van der Waals surface area contributed by atoms with Crippen LogP contribution in [0.4, 0.5) is 5.69 Å². The minimum atomic E-state index is -0.444.